The van der Waals surface area contributed by atoms with Crippen molar-refractivity contribution in [1.82, 2.24) is 0 Å². The van der Waals surface area contributed by atoms with E-state index in [1.165, 1.54) is 0 Å². The van der Waals surface area contributed by atoms with Crippen LogP contribution in [0.3, 0.4) is 0 Å². The van der Waals surface area contributed by atoms with Gasteiger partial charge in [-0.25, -0.2) is 0 Å². The van der Waals surface area contributed by atoms with Gasteiger partial charge in [0.1, 0.15) is 0 Å². The summed E-state index contributed by atoms with van der Waals surface area (Å²) in [6.07, 6.45) is -4.52. The molecule has 0 aromatic heterocycles. The minimum absolute atomic E-state index is 1.03. The van der Waals surface area contributed by atoms with Crippen molar-refractivity contribution in [3.05, 3.63) is 10.1 Å². The van der Waals surface area contributed by atoms with Gasteiger partial charge in [-0.05, 0) is 0 Å². The third-order valence-corrected chi connectivity index (χ3v) is 4.20. The molecular formula is C4H11NO9P2. The first-order valence-electron chi connectivity index (χ1n) is 3.85. The molecule has 0 aromatic carbocycles. The zero-order valence-electron chi connectivity index (χ0n) is 7.78. The highest BCUT2D eigenvalue weighted by molar-refractivity contribution is 7.56. The summed E-state index contributed by atoms with van der Waals surface area (Å²) in [4.78, 5) is 43.3. The van der Waals surface area contributed by atoms with Crippen molar-refractivity contribution >= 4 is 15.2 Å². The van der Waals surface area contributed by atoms with Gasteiger partial charge in [-0.2, -0.15) is 0 Å². The van der Waals surface area contributed by atoms with Gasteiger partial charge in [-0.15, -0.1) is 0 Å². The molecule has 0 rings (SSSR count). The summed E-state index contributed by atoms with van der Waals surface area (Å²) < 4.78 is 21.3. The van der Waals surface area contributed by atoms with E-state index in [0.29, 0.717) is 0 Å². The third-order valence-electron chi connectivity index (χ3n) is 1.65. The molecule has 0 radical (unpaired) electrons. The fourth-order valence-electron chi connectivity index (χ4n) is 0.922. The monoisotopic (exact) mass is 279 g/mol. The summed E-state index contributed by atoms with van der Waals surface area (Å²) in [5.41, 5.74) is -1.95. The maximum Gasteiger partial charge on any atom is 0.329 e. The zero-order valence-corrected chi connectivity index (χ0v) is 9.57. The zero-order chi connectivity index (χ0) is 13.1. The van der Waals surface area contributed by atoms with Crippen LogP contribution in [0.5, 0.6) is 0 Å². The fraction of sp³-hybridized carbons (Fsp3) is 1.00. The Hall–Kier alpha value is -0.340. The second kappa shape index (κ2) is 5.33. The molecule has 0 spiro atoms. The molecule has 0 aliphatic heterocycles. The summed E-state index contributed by atoms with van der Waals surface area (Å²) in [5, 5.41) is 18.8. The van der Waals surface area contributed by atoms with Gasteiger partial charge in [0.05, 0.1) is 23.2 Å². The second-order valence-corrected chi connectivity index (χ2v) is 6.69. The van der Waals surface area contributed by atoms with Crippen molar-refractivity contribution in [2.75, 3.05) is 6.16 Å². The molecule has 0 bridgehead atoms. The number of nitrogens with zero attached hydrogens (tertiary/aromatic N) is 1. The Labute approximate surface area is 89.4 Å². The van der Waals surface area contributed by atoms with E-state index in [9.17, 15) is 19.2 Å². The normalized spacial score (nSPS) is 16.8. The Bertz CT molecular complexity index is 343. The summed E-state index contributed by atoms with van der Waals surface area (Å²) in [5.74, 6) is 0. The molecule has 12 heteroatoms. The number of nitro groups is 1. The molecule has 0 aliphatic carbocycles. The maximum absolute atomic E-state index is 10.8. The van der Waals surface area contributed by atoms with Gasteiger partial charge in [0, 0.05) is 0 Å². The molecule has 10 nitrogen and oxygen atoms in total. The van der Waals surface area contributed by atoms with Crippen molar-refractivity contribution < 1.29 is 38.7 Å². The maximum atomic E-state index is 10.8. The van der Waals surface area contributed by atoms with Crippen molar-refractivity contribution in [1.29, 1.82) is 0 Å². The van der Waals surface area contributed by atoms with E-state index in [0.717, 1.165) is 0 Å². The first-order valence-corrected chi connectivity index (χ1v) is 7.33. The van der Waals surface area contributed by atoms with Crippen LogP contribution in [0.25, 0.3) is 0 Å². The lowest BCUT2D eigenvalue weighted by Crippen LogP contribution is -2.27. The molecule has 0 fully saturated rings. The number of hydrogen-bond acceptors (Lipinski definition) is 5. The summed E-state index contributed by atoms with van der Waals surface area (Å²) in [7, 11) is -9.65. The Kier molecular flexibility index (Phi) is 5.21. The van der Waals surface area contributed by atoms with E-state index in [1.54, 1.807) is 0 Å². The van der Waals surface area contributed by atoms with Crippen molar-refractivity contribution in [2.24, 2.45) is 0 Å². The average Bonchev–Trinajstić information content (AvgIpc) is 1.98. The highest BCUT2D eigenvalue weighted by Crippen LogP contribution is 2.50. The van der Waals surface area contributed by atoms with Crippen molar-refractivity contribution in [3.8, 4) is 0 Å². The SMILES string of the molecule is O=[N+]([O-])C(O)CC(CP(=O)(O)O)P(=O)(O)O. The Morgan fingerprint density at radius 2 is 1.62 bits per heavy atom. The van der Waals surface area contributed by atoms with Gasteiger partial charge in [-0.1, -0.05) is 0 Å². The smallest absolute Gasteiger partial charge is 0.329 e. The largest absolute Gasteiger partial charge is 0.333 e. The van der Waals surface area contributed by atoms with E-state index < -0.39 is 44.6 Å². The molecule has 0 aliphatic rings. The third kappa shape index (κ3) is 6.29. The van der Waals surface area contributed by atoms with Crippen LogP contribution in [0.15, 0.2) is 0 Å². The first kappa shape index (κ1) is 15.7. The van der Waals surface area contributed by atoms with E-state index >= 15 is 0 Å². The van der Waals surface area contributed by atoms with Gasteiger partial charge < -0.3 is 24.7 Å². The number of aliphatic hydroxyl groups is 1. The second-order valence-electron chi connectivity index (χ2n) is 3.09. The summed E-state index contributed by atoms with van der Waals surface area (Å²) in [6, 6.07) is 0. The number of aliphatic hydroxyl groups excluding tert-OH is 1. The standard InChI is InChI=1S/C4H11NO9P2/c6-4(5(7)8)1-3(16(12,13)14)2-15(9,10)11/h3-4,6H,1-2H2,(H2,9,10,11)(H2,12,13,14). The Morgan fingerprint density at radius 1 is 1.19 bits per heavy atom. The average molecular weight is 279 g/mol. The van der Waals surface area contributed by atoms with Crippen LogP contribution < -0.4 is 0 Å². The topological polar surface area (TPSA) is 178 Å². The van der Waals surface area contributed by atoms with Crippen LogP contribution in [0, 0.1) is 10.1 Å². The highest BCUT2D eigenvalue weighted by Gasteiger charge is 2.39. The summed E-state index contributed by atoms with van der Waals surface area (Å²) >= 11 is 0. The molecule has 16 heavy (non-hydrogen) atoms. The Balaban J connectivity index is 4.78. The quantitative estimate of drug-likeness (QED) is 0.171. The summed E-state index contributed by atoms with van der Waals surface area (Å²) in [6.45, 7) is 0. The van der Waals surface area contributed by atoms with Crippen LogP contribution >= 0.6 is 15.2 Å². The van der Waals surface area contributed by atoms with Crippen LogP contribution in [0.2, 0.25) is 0 Å². The lowest BCUT2D eigenvalue weighted by atomic mass is 10.3. The minimum Gasteiger partial charge on any atom is -0.333 e. The van der Waals surface area contributed by atoms with E-state index in [-0.39, 0.29) is 0 Å². The molecule has 0 amide bonds. The van der Waals surface area contributed by atoms with E-state index in [2.05, 4.69) is 0 Å². The molecule has 0 saturated heterocycles. The number of hydrogen-bond donors (Lipinski definition) is 5. The minimum atomic E-state index is -4.92. The van der Waals surface area contributed by atoms with Crippen LogP contribution in [-0.2, 0) is 9.13 Å². The molecule has 0 heterocycles. The van der Waals surface area contributed by atoms with Crippen LogP contribution in [-0.4, -0.2) is 47.7 Å². The molecule has 0 aromatic rings. The molecule has 2 atom stereocenters. The van der Waals surface area contributed by atoms with Gasteiger partial charge in [0.25, 0.3) is 0 Å². The predicted octanol–water partition coefficient (Wildman–Crippen LogP) is -1.30. The molecule has 96 valence electrons. The molecule has 0 saturated carbocycles. The lowest BCUT2D eigenvalue weighted by Gasteiger charge is -2.18. The van der Waals surface area contributed by atoms with Gasteiger partial charge in [0.2, 0.25) is 0 Å². The molecular weight excluding hydrogens is 268 g/mol. The van der Waals surface area contributed by atoms with E-state index in [4.69, 9.17) is 24.7 Å². The van der Waals surface area contributed by atoms with Crippen LogP contribution in [0.4, 0.5) is 0 Å². The fourth-order valence-corrected chi connectivity index (χ4v) is 3.57. The Morgan fingerprint density at radius 3 is 1.88 bits per heavy atom. The van der Waals surface area contributed by atoms with E-state index in [1.807, 2.05) is 0 Å². The van der Waals surface area contributed by atoms with Crippen molar-refractivity contribution in [2.45, 2.75) is 18.3 Å². The van der Waals surface area contributed by atoms with Gasteiger partial charge in [-0.3, -0.25) is 19.2 Å². The van der Waals surface area contributed by atoms with Gasteiger partial charge >= 0.3 is 21.4 Å². The lowest BCUT2D eigenvalue weighted by molar-refractivity contribution is -0.571. The van der Waals surface area contributed by atoms with Gasteiger partial charge in [0.15, 0.2) is 0 Å². The van der Waals surface area contributed by atoms with Crippen LogP contribution in [0.1, 0.15) is 6.42 Å². The molecule has 2 unspecified atom stereocenters. The van der Waals surface area contributed by atoms with Crippen molar-refractivity contribution in [3.63, 3.8) is 0 Å². The highest BCUT2D eigenvalue weighted by atomic mass is 31.2. The number of rotatable bonds is 6. The predicted molar refractivity (Wildman–Crippen MR) is 50.4 cm³/mol. The molecule has 5 N–H and O–H groups in total. The first-order chi connectivity index (χ1) is 6.93.